The fraction of sp³-hybridized carbons (Fsp3) is 0.435. The van der Waals surface area contributed by atoms with Crippen molar-refractivity contribution in [1.82, 2.24) is 20.9 Å². The second kappa shape index (κ2) is 12.7. The number of carboxylic acid groups (broad SMARTS) is 2. The highest BCUT2D eigenvalue weighted by Gasteiger charge is 2.32. The summed E-state index contributed by atoms with van der Waals surface area (Å²) in [5.74, 6) is -5.18. The molecule has 0 radical (unpaired) electrons. The van der Waals surface area contributed by atoms with Crippen LogP contribution in [0.25, 0.3) is 10.9 Å². The number of aromatic nitrogens is 1. The molecule has 0 bridgehead atoms. The molecule has 2 rings (SSSR count). The van der Waals surface area contributed by atoms with Gasteiger partial charge in [-0.2, -0.15) is 0 Å². The molecule has 0 saturated carbocycles. The van der Waals surface area contributed by atoms with Gasteiger partial charge in [0.15, 0.2) is 6.04 Å². The average Bonchev–Trinajstić information content (AvgIpc) is 3.21. The first-order valence-electron chi connectivity index (χ1n) is 11.2. The van der Waals surface area contributed by atoms with Crippen LogP contribution in [0.3, 0.4) is 0 Å². The first-order valence-corrected chi connectivity index (χ1v) is 11.2. The van der Waals surface area contributed by atoms with Crippen LogP contribution in [0.1, 0.15) is 32.3 Å². The molecule has 0 aliphatic heterocycles. The summed E-state index contributed by atoms with van der Waals surface area (Å²) in [6.07, 6.45) is -0.628. The third-order valence-electron chi connectivity index (χ3n) is 5.47. The van der Waals surface area contributed by atoms with Crippen LogP contribution < -0.4 is 21.7 Å². The zero-order valence-electron chi connectivity index (χ0n) is 19.9. The zero-order chi connectivity index (χ0) is 27.0. The summed E-state index contributed by atoms with van der Waals surface area (Å²) in [5.41, 5.74) is 7.14. The molecule has 0 aliphatic carbocycles. The van der Waals surface area contributed by atoms with Crippen LogP contribution in [0.2, 0.25) is 0 Å². The number of carboxylic acids is 2. The molecule has 5 unspecified atom stereocenters. The third-order valence-corrected chi connectivity index (χ3v) is 5.47. The van der Waals surface area contributed by atoms with Crippen LogP contribution in [0, 0.1) is 0 Å². The van der Waals surface area contributed by atoms with E-state index in [1.165, 1.54) is 6.92 Å². The van der Waals surface area contributed by atoms with E-state index in [4.69, 9.17) is 10.8 Å². The van der Waals surface area contributed by atoms with E-state index in [0.717, 1.165) is 17.8 Å². The molecule has 1 aromatic heterocycles. The van der Waals surface area contributed by atoms with Gasteiger partial charge in [0, 0.05) is 29.9 Å². The minimum atomic E-state index is -1.68. The highest BCUT2D eigenvalue weighted by atomic mass is 16.4. The van der Waals surface area contributed by atoms with Gasteiger partial charge in [0.25, 0.3) is 0 Å². The molecule has 0 fully saturated rings. The van der Waals surface area contributed by atoms with E-state index in [9.17, 15) is 34.2 Å². The summed E-state index contributed by atoms with van der Waals surface area (Å²) >= 11 is 0. The van der Waals surface area contributed by atoms with Crippen molar-refractivity contribution in [3.05, 3.63) is 36.0 Å². The molecular weight excluding hydrogens is 474 g/mol. The monoisotopic (exact) mass is 505 g/mol. The topological polar surface area (TPSA) is 224 Å². The second-order valence-corrected chi connectivity index (χ2v) is 8.47. The molecule has 9 N–H and O–H groups in total. The molecule has 0 spiro atoms. The SMILES string of the molecule is CC(N)C(=O)NC(Cc1c[nH]c2ccccc12)C(=O)NC(CCC(=O)O)C(=O)NC(C(=O)O)C(C)O. The molecular formula is C23H31N5O8. The third kappa shape index (κ3) is 7.78. The predicted molar refractivity (Wildman–Crippen MR) is 128 cm³/mol. The summed E-state index contributed by atoms with van der Waals surface area (Å²) in [6, 6.07) is 2.05. The standard InChI is InChI=1S/C23H31N5O8/c1-11(24)20(32)27-17(9-13-10-25-15-6-4-3-5-14(13)15)22(34)26-16(7-8-18(30)31)21(33)28-19(12(2)29)23(35)36/h3-6,10-12,16-17,19,25,29H,7-9,24H2,1-2H3,(H,26,34)(H,27,32)(H,28,33)(H,30,31)(H,35,36). The number of aliphatic hydroxyl groups excluding tert-OH is 1. The lowest BCUT2D eigenvalue weighted by molar-refractivity contribution is -0.145. The fourth-order valence-corrected chi connectivity index (χ4v) is 3.48. The Morgan fingerprint density at radius 1 is 0.944 bits per heavy atom. The Hall–Kier alpha value is -3.97. The van der Waals surface area contributed by atoms with Crippen molar-refractivity contribution < 1.29 is 39.3 Å². The number of carbonyl (C=O) groups excluding carboxylic acids is 3. The summed E-state index contributed by atoms with van der Waals surface area (Å²) < 4.78 is 0. The van der Waals surface area contributed by atoms with E-state index in [0.29, 0.717) is 5.56 Å². The second-order valence-electron chi connectivity index (χ2n) is 8.47. The van der Waals surface area contributed by atoms with Gasteiger partial charge in [0.1, 0.15) is 12.1 Å². The highest BCUT2D eigenvalue weighted by Crippen LogP contribution is 2.19. The molecule has 0 aliphatic rings. The van der Waals surface area contributed by atoms with E-state index in [2.05, 4.69) is 20.9 Å². The number of nitrogens with one attached hydrogen (secondary N) is 4. The lowest BCUT2D eigenvalue weighted by atomic mass is 10.0. The number of aromatic amines is 1. The van der Waals surface area contributed by atoms with Gasteiger partial charge >= 0.3 is 11.9 Å². The minimum Gasteiger partial charge on any atom is -0.481 e. The summed E-state index contributed by atoms with van der Waals surface area (Å²) in [7, 11) is 0. The van der Waals surface area contributed by atoms with E-state index < -0.39 is 66.4 Å². The van der Waals surface area contributed by atoms with Gasteiger partial charge in [-0.05, 0) is 31.9 Å². The number of H-pyrrole nitrogens is 1. The molecule has 5 atom stereocenters. The van der Waals surface area contributed by atoms with Gasteiger partial charge in [-0.1, -0.05) is 18.2 Å². The van der Waals surface area contributed by atoms with Gasteiger partial charge in [0.05, 0.1) is 12.1 Å². The number of rotatable bonds is 13. The quantitative estimate of drug-likeness (QED) is 0.164. The van der Waals surface area contributed by atoms with Crippen LogP contribution in [0.5, 0.6) is 0 Å². The Balaban J connectivity index is 2.29. The summed E-state index contributed by atoms with van der Waals surface area (Å²) in [6.45, 7) is 2.59. The van der Waals surface area contributed by atoms with Crippen molar-refractivity contribution in [2.45, 2.75) is 63.4 Å². The van der Waals surface area contributed by atoms with Crippen LogP contribution in [-0.4, -0.2) is 80.2 Å². The smallest absolute Gasteiger partial charge is 0.328 e. The maximum Gasteiger partial charge on any atom is 0.328 e. The molecule has 13 heteroatoms. The molecule has 36 heavy (non-hydrogen) atoms. The summed E-state index contributed by atoms with van der Waals surface area (Å²) in [4.78, 5) is 63.8. The Morgan fingerprint density at radius 3 is 2.14 bits per heavy atom. The van der Waals surface area contributed by atoms with Crippen molar-refractivity contribution in [1.29, 1.82) is 0 Å². The van der Waals surface area contributed by atoms with E-state index >= 15 is 0 Å². The Morgan fingerprint density at radius 2 is 1.56 bits per heavy atom. The molecule has 1 aromatic carbocycles. The van der Waals surface area contributed by atoms with E-state index in [1.807, 2.05) is 24.3 Å². The molecule has 196 valence electrons. The number of benzene rings is 1. The van der Waals surface area contributed by atoms with E-state index in [-0.39, 0.29) is 12.8 Å². The number of hydrogen-bond acceptors (Lipinski definition) is 7. The Bertz CT molecular complexity index is 1110. The zero-order valence-corrected chi connectivity index (χ0v) is 19.9. The van der Waals surface area contributed by atoms with Crippen LogP contribution >= 0.6 is 0 Å². The highest BCUT2D eigenvalue weighted by molar-refractivity contribution is 5.95. The number of aliphatic hydroxyl groups is 1. The summed E-state index contributed by atoms with van der Waals surface area (Å²) in [5, 5.41) is 35.8. The van der Waals surface area contributed by atoms with Gasteiger partial charge in [-0.15, -0.1) is 0 Å². The normalized spacial score (nSPS) is 15.2. The van der Waals surface area contributed by atoms with Gasteiger partial charge in [-0.25, -0.2) is 4.79 Å². The number of aliphatic carboxylic acids is 2. The first-order chi connectivity index (χ1) is 16.9. The largest absolute Gasteiger partial charge is 0.481 e. The van der Waals surface area contributed by atoms with Crippen LogP contribution in [-0.2, 0) is 30.4 Å². The van der Waals surface area contributed by atoms with Crippen molar-refractivity contribution in [3.63, 3.8) is 0 Å². The number of fused-ring (bicyclic) bond motifs is 1. The van der Waals surface area contributed by atoms with E-state index in [1.54, 1.807) is 6.20 Å². The number of nitrogens with two attached hydrogens (primary N) is 1. The molecule has 0 saturated heterocycles. The number of carbonyl (C=O) groups is 5. The van der Waals surface area contributed by atoms with Crippen molar-refractivity contribution in [2.75, 3.05) is 0 Å². The predicted octanol–water partition coefficient (Wildman–Crippen LogP) is -1.16. The number of hydrogen-bond donors (Lipinski definition) is 8. The van der Waals surface area contributed by atoms with Crippen molar-refractivity contribution in [2.24, 2.45) is 5.73 Å². The van der Waals surface area contributed by atoms with Crippen molar-refractivity contribution in [3.8, 4) is 0 Å². The minimum absolute atomic E-state index is 0.0208. The van der Waals surface area contributed by atoms with Gasteiger partial charge < -0.3 is 42.0 Å². The lowest BCUT2D eigenvalue weighted by Crippen LogP contribution is -2.58. The van der Waals surface area contributed by atoms with Gasteiger partial charge in [0.2, 0.25) is 17.7 Å². The maximum atomic E-state index is 13.2. The molecule has 13 nitrogen and oxygen atoms in total. The fourth-order valence-electron chi connectivity index (χ4n) is 3.48. The number of amides is 3. The van der Waals surface area contributed by atoms with Crippen molar-refractivity contribution >= 4 is 40.6 Å². The maximum absolute atomic E-state index is 13.2. The van der Waals surface area contributed by atoms with Gasteiger partial charge in [-0.3, -0.25) is 19.2 Å². The number of para-hydroxylation sites is 1. The molecule has 3 amide bonds. The molecule has 1 heterocycles. The van der Waals surface area contributed by atoms with Crippen LogP contribution in [0.15, 0.2) is 30.5 Å². The Kier molecular flexibility index (Phi) is 9.93. The first kappa shape index (κ1) is 28.3. The average molecular weight is 506 g/mol. The molecule has 2 aromatic rings. The lowest BCUT2D eigenvalue weighted by Gasteiger charge is -2.25. The Labute approximate surface area is 206 Å². The van der Waals surface area contributed by atoms with Crippen LogP contribution in [0.4, 0.5) is 0 Å².